The van der Waals surface area contributed by atoms with Crippen molar-refractivity contribution >= 4 is 11.0 Å². The minimum atomic E-state index is 0.440. The zero-order chi connectivity index (χ0) is 6.97. The van der Waals surface area contributed by atoms with Gasteiger partial charge in [-0.3, -0.25) is 0 Å². The molecule has 0 radical (unpaired) electrons. The molecule has 0 aromatic carbocycles. The molecule has 9 heavy (non-hydrogen) atoms. The number of aromatic nitrogens is 3. The summed E-state index contributed by atoms with van der Waals surface area (Å²) in [7, 11) is 0. The topological polar surface area (TPSA) is 41.6 Å². The molecule has 0 aliphatic carbocycles. The second-order valence-electron chi connectivity index (χ2n) is 1.72. The third kappa shape index (κ3) is 0.579. The van der Waals surface area contributed by atoms with Gasteiger partial charge in [0, 0.05) is 17.8 Å². The number of aromatic amines is 1. The van der Waals surface area contributed by atoms with Crippen LogP contribution in [0.2, 0.25) is 0 Å². The van der Waals surface area contributed by atoms with E-state index in [0.29, 0.717) is 6.04 Å². The molecule has 0 atom stereocenters. The molecule has 1 N–H and O–H groups in total. The van der Waals surface area contributed by atoms with E-state index in [1.807, 2.05) is 0 Å². The van der Waals surface area contributed by atoms with Crippen molar-refractivity contribution in [3.63, 3.8) is 0 Å². The Morgan fingerprint density at radius 2 is 2.67 bits per heavy atom. The molecule has 2 aromatic rings. The highest BCUT2D eigenvalue weighted by atomic mass is 14.9. The van der Waals surface area contributed by atoms with E-state index in [4.69, 9.17) is 1.37 Å². The molecule has 2 heterocycles. The third-order valence-corrected chi connectivity index (χ3v) is 1.15. The Morgan fingerprint density at radius 1 is 1.67 bits per heavy atom. The highest BCUT2D eigenvalue weighted by molar-refractivity contribution is 5.73. The standard InChI is InChI=1S/C6H5N3/c1-2-8-6-5(1)3-7-4-9-6/h1-4H,(H,7,8,9)/i1D. The molecular weight excluding hydrogens is 114 g/mol. The summed E-state index contributed by atoms with van der Waals surface area (Å²) >= 11 is 0. The van der Waals surface area contributed by atoms with Crippen LogP contribution in [-0.4, -0.2) is 15.0 Å². The van der Waals surface area contributed by atoms with Crippen molar-refractivity contribution < 1.29 is 1.37 Å². The fraction of sp³-hybridized carbons (Fsp3) is 0. The molecule has 0 unspecified atom stereocenters. The Bertz CT molecular complexity index is 355. The normalized spacial score (nSPS) is 11.8. The van der Waals surface area contributed by atoms with Gasteiger partial charge in [0.05, 0.1) is 1.37 Å². The predicted octanol–water partition coefficient (Wildman–Crippen LogP) is 0.958. The van der Waals surface area contributed by atoms with E-state index in [1.165, 1.54) is 6.33 Å². The summed E-state index contributed by atoms with van der Waals surface area (Å²) < 4.78 is 7.33. The molecule has 2 rings (SSSR count). The number of fused-ring (bicyclic) bond motifs is 1. The molecule has 44 valence electrons. The maximum absolute atomic E-state index is 7.33. The van der Waals surface area contributed by atoms with Crippen molar-refractivity contribution in [3.05, 3.63) is 24.8 Å². The Kier molecular flexibility index (Phi) is 0.621. The summed E-state index contributed by atoms with van der Waals surface area (Å²) in [5, 5.41) is 0.766. The summed E-state index contributed by atoms with van der Waals surface area (Å²) in [6.07, 6.45) is 4.68. The molecule has 0 amide bonds. The summed E-state index contributed by atoms with van der Waals surface area (Å²) in [5.41, 5.74) is 0.722. The van der Waals surface area contributed by atoms with Gasteiger partial charge in [-0.15, -0.1) is 0 Å². The van der Waals surface area contributed by atoms with Crippen LogP contribution < -0.4 is 0 Å². The number of nitrogens with zero attached hydrogens (tertiary/aromatic N) is 2. The van der Waals surface area contributed by atoms with Gasteiger partial charge in [-0.2, -0.15) is 0 Å². The molecule has 2 aromatic heterocycles. The Labute approximate surface area is 53.2 Å². The van der Waals surface area contributed by atoms with Gasteiger partial charge in [-0.05, 0) is 6.04 Å². The zero-order valence-corrected chi connectivity index (χ0v) is 4.63. The summed E-state index contributed by atoms with van der Waals surface area (Å²) in [6.45, 7) is 0. The average molecular weight is 120 g/mol. The number of rotatable bonds is 0. The van der Waals surface area contributed by atoms with Crippen LogP contribution >= 0.6 is 0 Å². The smallest absolute Gasteiger partial charge is 0.140 e. The van der Waals surface area contributed by atoms with E-state index < -0.39 is 0 Å². The zero-order valence-electron chi connectivity index (χ0n) is 5.63. The monoisotopic (exact) mass is 120 g/mol. The average Bonchev–Trinajstić information content (AvgIpc) is 2.34. The first-order chi connectivity index (χ1) is 4.88. The van der Waals surface area contributed by atoms with Crippen LogP contribution in [0.25, 0.3) is 11.0 Å². The molecule has 3 heteroatoms. The fourth-order valence-corrected chi connectivity index (χ4v) is 0.732. The molecule has 0 aliphatic rings. The fourth-order valence-electron chi connectivity index (χ4n) is 0.732. The SMILES string of the molecule is [2H]c1c[nH]c2ncncc12. The molecule has 0 aliphatic heterocycles. The third-order valence-electron chi connectivity index (χ3n) is 1.15. The number of hydrogen-bond donors (Lipinski definition) is 1. The van der Waals surface area contributed by atoms with Crippen LogP contribution in [0.4, 0.5) is 0 Å². The van der Waals surface area contributed by atoms with E-state index in [0.717, 1.165) is 11.0 Å². The van der Waals surface area contributed by atoms with E-state index in [1.54, 1.807) is 12.4 Å². The molecule has 0 fully saturated rings. The Hall–Kier alpha value is -1.38. The minimum Gasteiger partial charge on any atom is -0.346 e. The Balaban J connectivity index is 2.93. The highest BCUT2D eigenvalue weighted by Gasteiger charge is 1.89. The van der Waals surface area contributed by atoms with Crippen molar-refractivity contribution in [2.45, 2.75) is 0 Å². The molecule has 0 spiro atoms. The van der Waals surface area contributed by atoms with E-state index in [2.05, 4.69) is 15.0 Å². The van der Waals surface area contributed by atoms with Gasteiger partial charge in [0.15, 0.2) is 0 Å². The Morgan fingerprint density at radius 3 is 3.56 bits per heavy atom. The van der Waals surface area contributed by atoms with Crippen LogP contribution in [0.3, 0.4) is 0 Å². The second-order valence-corrected chi connectivity index (χ2v) is 1.72. The number of H-pyrrole nitrogens is 1. The van der Waals surface area contributed by atoms with Gasteiger partial charge in [0.2, 0.25) is 0 Å². The van der Waals surface area contributed by atoms with Gasteiger partial charge in [0.25, 0.3) is 0 Å². The van der Waals surface area contributed by atoms with Crippen molar-refractivity contribution in [2.75, 3.05) is 0 Å². The maximum Gasteiger partial charge on any atom is 0.140 e. The molecule has 0 bridgehead atoms. The van der Waals surface area contributed by atoms with Crippen molar-refractivity contribution in [3.8, 4) is 0 Å². The van der Waals surface area contributed by atoms with Crippen molar-refractivity contribution in [2.24, 2.45) is 0 Å². The lowest BCUT2D eigenvalue weighted by Crippen LogP contribution is -1.75. The minimum absolute atomic E-state index is 0.440. The number of nitrogens with one attached hydrogen (secondary N) is 1. The van der Waals surface area contributed by atoms with Crippen molar-refractivity contribution in [1.29, 1.82) is 0 Å². The van der Waals surface area contributed by atoms with Crippen LogP contribution in [0.1, 0.15) is 1.37 Å². The van der Waals surface area contributed by atoms with Crippen LogP contribution in [0, 0.1) is 0 Å². The van der Waals surface area contributed by atoms with Gasteiger partial charge < -0.3 is 4.98 Å². The number of hydrogen-bond acceptors (Lipinski definition) is 2. The molecule has 3 nitrogen and oxygen atoms in total. The van der Waals surface area contributed by atoms with Crippen LogP contribution in [0.15, 0.2) is 24.8 Å². The highest BCUT2D eigenvalue weighted by Crippen LogP contribution is 2.03. The van der Waals surface area contributed by atoms with Gasteiger partial charge in [-0.1, -0.05) is 0 Å². The first-order valence-electron chi connectivity index (χ1n) is 3.11. The lowest BCUT2D eigenvalue weighted by atomic mass is 10.4. The maximum atomic E-state index is 7.33. The lowest BCUT2D eigenvalue weighted by molar-refractivity contribution is 1.20. The first kappa shape index (κ1) is 3.61. The van der Waals surface area contributed by atoms with E-state index in [-0.39, 0.29) is 0 Å². The van der Waals surface area contributed by atoms with Gasteiger partial charge in [-0.25, -0.2) is 9.97 Å². The van der Waals surface area contributed by atoms with Gasteiger partial charge >= 0.3 is 0 Å². The quantitative estimate of drug-likeness (QED) is 0.562. The molecule has 0 saturated heterocycles. The van der Waals surface area contributed by atoms with Crippen molar-refractivity contribution in [1.82, 2.24) is 15.0 Å². The van der Waals surface area contributed by atoms with Gasteiger partial charge in [0.1, 0.15) is 12.0 Å². The molecular formula is C6H5N3. The predicted molar refractivity (Wildman–Crippen MR) is 33.9 cm³/mol. The molecule has 0 saturated carbocycles. The van der Waals surface area contributed by atoms with Crippen LogP contribution in [-0.2, 0) is 0 Å². The van der Waals surface area contributed by atoms with E-state index >= 15 is 0 Å². The summed E-state index contributed by atoms with van der Waals surface area (Å²) in [4.78, 5) is 10.6. The second kappa shape index (κ2) is 1.55. The van der Waals surface area contributed by atoms with Crippen LogP contribution in [0.5, 0.6) is 0 Å². The first-order valence-corrected chi connectivity index (χ1v) is 2.61. The summed E-state index contributed by atoms with van der Waals surface area (Å²) in [6, 6.07) is 0.440. The largest absolute Gasteiger partial charge is 0.346 e. The lowest BCUT2D eigenvalue weighted by Gasteiger charge is -1.81. The van der Waals surface area contributed by atoms with E-state index in [9.17, 15) is 0 Å². The summed E-state index contributed by atoms with van der Waals surface area (Å²) in [5.74, 6) is 0.